The summed E-state index contributed by atoms with van der Waals surface area (Å²) >= 11 is 0. The molecule has 1 heterocycles. The highest BCUT2D eigenvalue weighted by atomic mass is 16.5. The zero-order chi connectivity index (χ0) is 10.2. The Balaban J connectivity index is 3.14. The van der Waals surface area contributed by atoms with Gasteiger partial charge >= 0.3 is 0 Å². The van der Waals surface area contributed by atoms with Gasteiger partial charge in [-0.05, 0) is 41.8 Å². The lowest BCUT2D eigenvalue weighted by Crippen LogP contribution is -2.35. The number of nitrogens with zero attached hydrogens (tertiary/aromatic N) is 2. The molecule has 0 fully saturated rings. The number of aryl methyl sites for hydroxylation is 1. The summed E-state index contributed by atoms with van der Waals surface area (Å²) in [5.41, 5.74) is 2.04. The first-order valence-electron chi connectivity index (χ1n) is 4.48. The molecule has 1 aromatic heterocycles. The van der Waals surface area contributed by atoms with Crippen LogP contribution in [-0.2, 0) is 5.54 Å². The van der Waals surface area contributed by atoms with E-state index in [1.807, 2.05) is 27.9 Å². The molecule has 0 saturated heterocycles. The van der Waals surface area contributed by atoms with Crippen molar-refractivity contribution < 1.29 is 4.52 Å². The van der Waals surface area contributed by atoms with E-state index >= 15 is 0 Å². The van der Waals surface area contributed by atoms with Crippen molar-refractivity contribution in [2.45, 2.75) is 33.2 Å². The van der Waals surface area contributed by atoms with Gasteiger partial charge in [-0.2, -0.15) is 0 Å². The molecule has 0 spiro atoms. The number of hydrogen-bond acceptors (Lipinski definition) is 3. The molecule has 1 rings (SSSR count). The van der Waals surface area contributed by atoms with Crippen LogP contribution in [0.25, 0.3) is 0 Å². The van der Waals surface area contributed by atoms with Gasteiger partial charge < -0.3 is 4.52 Å². The average Bonchev–Trinajstić information content (AvgIpc) is 2.33. The van der Waals surface area contributed by atoms with Crippen molar-refractivity contribution >= 4 is 0 Å². The predicted octanol–water partition coefficient (Wildman–Crippen LogP) is 2.09. The molecule has 0 aromatic carbocycles. The first kappa shape index (κ1) is 10.3. The monoisotopic (exact) mass is 182 g/mol. The lowest BCUT2D eigenvalue weighted by molar-refractivity contribution is 0.149. The normalized spacial score (nSPS) is 12.5. The smallest absolute Gasteiger partial charge is 0.159 e. The van der Waals surface area contributed by atoms with E-state index in [2.05, 4.69) is 23.9 Å². The van der Waals surface area contributed by atoms with E-state index in [9.17, 15) is 0 Å². The summed E-state index contributed by atoms with van der Waals surface area (Å²) in [5.74, 6) is 0.954. The molecule has 0 aliphatic rings. The van der Waals surface area contributed by atoms with Crippen molar-refractivity contribution in [2.75, 3.05) is 14.1 Å². The molecule has 0 aliphatic carbocycles. The maximum atomic E-state index is 5.33. The average molecular weight is 182 g/mol. The van der Waals surface area contributed by atoms with Crippen LogP contribution in [0.3, 0.4) is 0 Å². The number of rotatable bonds is 2. The molecule has 0 aliphatic heterocycles. The topological polar surface area (TPSA) is 29.3 Å². The fourth-order valence-corrected chi connectivity index (χ4v) is 1.19. The molecule has 0 amide bonds. The molecule has 0 bridgehead atoms. The SMILES string of the molecule is Cc1noc(C(C)(C)N(C)C)c1C. The Hall–Kier alpha value is -0.830. The molecule has 0 unspecified atom stereocenters. The van der Waals surface area contributed by atoms with Crippen molar-refractivity contribution in [3.8, 4) is 0 Å². The molecule has 13 heavy (non-hydrogen) atoms. The second-order valence-electron chi connectivity index (χ2n) is 4.18. The third kappa shape index (κ3) is 1.61. The third-order valence-electron chi connectivity index (χ3n) is 2.83. The molecule has 0 saturated carbocycles. The Kier molecular flexibility index (Phi) is 2.48. The molecule has 3 nitrogen and oxygen atoms in total. The van der Waals surface area contributed by atoms with Crippen LogP contribution in [0.5, 0.6) is 0 Å². The van der Waals surface area contributed by atoms with Gasteiger partial charge in [0.05, 0.1) is 11.2 Å². The Morgan fingerprint density at radius 2 is 1.77 bits per heavy atom. The zero-order valence-corrected chi connectivity index (χ0v) is 9.30. The number of hydrogen-bond donors (Lipinski definition) is 0. The van der Waals surface area contributed by atoms with Gasteiger partial charge in [-0.1, -0.05) is 5.16 Å². The molecular formula is C10H18N2O. The van der Waals surface area contributed by atoms with Gasteiger partial charge in [0.25, 0.3) is 0 Å². The summed E-state index contributed by atoms with van der Waals surface area (Å²) in [5, 5.41) is 3.96. The maximum absolute atomic E-state index is 5.33. The van der Waals surface area contributed by atoms with E-state index in [0.717, 1.165) is 17.0 Å². The van der Waals surface area contributed by atoms with Gasteiger partial charge in [-0.15, -0.1) is 0 Å². The lowest BCUT2D eigenvalue weighted by Gasteiger charge is -2.30. The van der Waals surface area contributed by atoms with Gasteiger partial charge in [-0.25, -0.2) is 0 Å². The van der Waals surface area contributed by atoms with E-state index in [1.54, 1.807) is 0 Å². The standard InChI is InChI=1S/C10H18N2O/c1-7-8(2)11-13-9(7)10(3,4)12(5)6/h1-6H3. The molecule has 0 N–H and O–H groups in total. The first-order valence-corrected chi connectivity index (χ1v) is 4.48. The molecule has 0 radical (unpaired) electrons. The second-order valence-corrected chi connectivity index (χ2v) is 4.18. The molecule has 74 valence electrons. The summed E-state index contributed by atoms with van der Waals surface area (Å²) in [6, 6.07) is 0. The Labute approximate surface area is 79.7 Å². The van der Waals surface area contributed by atoms with E-state index in [0.29, 0.717) is 0 Å². The van der Waals surface area contributed by atoms with Crippen molar-refractivity contribution in [2.24, 2.45) is 0 Å². The van der Waals surface area contributed by atoms with Gasteiger partial charge in [0.15, 0.2) is 5.76 Å². The van der Waals surface area contributed by atoms with Crippen LogP contribution in [0.2, 0.25) is 0 Å². The fraction of sp³-hybridized carbons (Fsp3) is 0.700. The Morgan fingerprint density at radius 3 is 2.08 bits per heavy atom. The summed E-state index contributed by atoms with van der Waals surface area (Å²) in [6.45, 7) is 8.26. The van der Waals surface area contributed by atoms with Crippen LogP contribution in [0.4, 0.5) is 0 Å². The Bertz CT molecular complexity index is 300. The molecule has 1 aromatic rings. The number of aromatic nitrogens is 1. The third-order valence-corrected chi connectivity index (χ3v) is 2.83. The van der Waals surface area contributed by atoms with E-state index in [1.165, 1.54) is 0 Å². The molecular weight excluding hydrogens is 164 g/mol. The van der Waals surface area contributed by atoms with Crippen LogP contribution < -0.4 is 0 Å². The Morgan fingerprint density at radius 1 is 1.23 bits per heavy atom. The van der Waals surface area contributed by atoms with Crippen LogP contribution in [0, 0.1) is 13.8 Å². The highest BCUT2D eigenvalue weighted by Gasteiger charge is 2.30. The predicted molar refractivity (Wildman–Crippen MR) is 52.7 cm³/mol. The van der Waals surface area contributed by atoms with Crippen LogP contribution >= 0.6 is 0 Å². The van der Waals surface area contributed by atoms with E-state index < -0.39 is 0 Å². The summed E-state index contributed by atoms with van der Waals surface area (Å²) in [7, 11) is 4.08. The quantitative estimate of drug-likeness (QED) is 0.701. The summed E-state index contributed by atoms with van der Waals surface area (Å²) in [4.78, 5) is 2.12. The van der Waals surface area contributed by atoms with Crippen molar-refractivity contribution in [1.82, 2.24) is 10.1 Å². The summed E-state index contributed by atoms with van der Waals surface area (Å²) in [6.07, 6.45) is 0. The lowest BCUT2D eigenvalue weighted by atomic mass is 9.96. The minimum Gasteiger partial charge on any atom is -0.359 e. The molecule has 0 atom stereocenters. The van der Waals surface area contributed by atoms with Gasteiger partial charge in [-0.3, -0.25) is 4.90 Å². The minimum atomic E-state index is -0.0919. The van der Waals surface area contributed by atoms with Crippen molar-refractivity contribution in [1.29, 1.82) is 0 Å². The van der Waals surface area contributed by atoms with Crippen molar-refractivity contribution in [3.63, 3.8) is 0 Å². The summed E-state index contributed by atoms with van der Waals surface area (Å²) < 4.78 is 5.33. The highest BCUT2D eigenvalue weighted by Crippen LogP contribution is 2.29. The highest BCUT2D eigenvalue weighted by molar-refractivity contribution is 5.25. The first-order chi connectivity index (χ1) is 5.87. The van der Waals surface area contributed by atoms with Crippen molar-refractivity contribution in [3.05, 3.63) is 17.0 Å². The maximum Gasteiger partial charge on any atom is 0.159 e. The van der Waals surface area contributed by atoms with Crippen LogP contribution in [-0.4, -0.2) is 24.2 Å². The second kappa shape index (κ2) is 3.14. The molecule has 3 heteroatoms. The van der Waals surface area contributed by atoms with Gasteiger partial charge in [0.2, 0.25) is 0 Å². The van der Waals surface area contributed by atoms with Crippen LogP contribution in [0.1, 0.15) is 30.9 Å². The van der Waals surface area contributed by atoms with E-state index in [4.69, 9.17) is 4.52 Å². The largest absolute Gasteiger partial charge is 0.359 e. The van der Waals surface area contributed by atoms with Gasteiger partial charge in [0, 0.05) is 5.56 Å². The zero-order valence-electron chi connectivity index (χ0n) is 9.30. The van der Waals surface area contributed by atoms with E-state index in [-0.39, 0.29) is 5.54 Å². The van der Waals surface area contributed by atoms with Gasteiger partial charge in [0.1, 0.15) is 0 Å². The minimum absolute atomic E-state index is 0.0919. The fourth-order valence-electron chi connectivity index (χ4n) is 1.19. The van der Waals surface area contributed by atoms with Crippen LogP contribution in [0.15, 0.2) is 4.52 Å².